The Balaban J connectivity index is 2.25. The second-order valence-electron chi connectivity index (χ2n) is 4.20. The van der Waals surface area contributed by atoms with Crippen LogP contribution >= 0.6 is 0 Å². The molecule has 1 heterocycles. The maximum atomic E-state index is 11.7. The van der Waals surface area contributed by atoms with E-state index in [0.29, 0.717) is 0 Å². The Morgan fingerprint density at radius 1 is 1.48 bits per heavy atom. The quantitative estimate of drug-likeness (QED) is 0.216. The molecule has 0 aromatic heterocycles. The number of hydrogen-bond acceptors (Lipinski definition) is 6. The Kier molecular flexibility index (Phi) is 3.83. The number of imide groups is 1. The van der Waals surface area contributed by atoms with Crippen molar-refractivity contribution in [1.82, 2.24) is 5.32 Å². The predicted molar refractivity (Wildman–Crippen MR) is 67.5 cm³/mol. The van der Waals surface area contributed by atoms with E-state index < -0.39 is 28.9 Å². The van der Waals surface area contributed by atoms with Gasteiger partial charge in [-0.1, -0.05) is 12.1 Å². The van der Waals surface area contributed by atoms with Crippen molar-refractivity contribution in [1.29, 1.82) is 0 Å². The fraction of sp³-hybridized carbons (Fsp3) is 0.273. The third-order valence-electron chi connectivity index (χ3n) is 2.87. The zero-order valence-corrected chi connectivity index (χ0v) is 10.6. The van der Waals surface area contributed by atoms with Crippen molar-refractivity contribution < 1.29 is 19.2 Å². The van der Waals surface area contributed by atoms with Crippen molar-refractivity contribution in [2.75, 3.05) is 0 Å². The molecule has 0 aliphatic carbocycles. The molecule has 1 saturated heterocycles. The van der Waals surface area contributed by atoms with E-state index in [1.807, 2.05) is 5.32 Å². The molecule has 2 rings (SSSR count). The number of benzene rings is 1. The number of nitro benzene ring substituents is 1. The fourth-order valence-corrected chi connectivity index (χ4v) is 1.87. The maximum absolute atomic E-state index is 11.7. The SMILES string of the molecule is [N-]=[N+]=NC1(OCc2ccccc2[N+](=O)[O-])CC(=O)NC1=O. The lowest BCUT2D eigenvalue weighted by molar-refractivity contribution is -0.386. The molecule has 0 saturated carbocycles. The molecule has 1 aromatic rings. The van der Waals surface area contributed by atoms with Crippen LogP contribution in [0.25, 0.3) is 10.4 Å². The van der Waals surface area contributed by atoms with Crippen molar-refractivity contribution in [2.45, 2.75) is 18.8 Å². The van der Waals surface area contributed by atoms with Crippen molar-refractivity contribution >= 4 is 17.5 Å². The highest BCUT2D eigenvalue weighted by Crippen LogP contribution is 2.27. The summed E-state index contributed by atoms with van der Waals surface area (Å²) in [6, 6.07) is 5.76. The van der Waals surface area contributed by atoms with Gasteiger partial charge in [-0.2, -0.15) is 0 Å². The summed E-state index contributed by atoms with van der Waals surface area (Å²) < 4.78 is 5.23. The van der Waals surface area contributed by atoms with Crippen molar-refractivity contribution in [3.05, 3.63) is 50.4 Å². The third-order valence-corrected chi connectivity index (χ3v) is 2.87. The summed E-state index contributed by atoms with van der Waals surface area (Å²) in [5.74, 6) is -1.53. The molecule has 1 aliphatic heterocycles. The molecule has 10 nitrogen and oxygen atoms in total. The average Bonchev–Trinajstić information content (AvgIpc) is 2.72. The topological polar surface area (TPSA) is 147 Å². The first kappa shape index (κ1) is 14.4. The van der Waals surface area contributed by atoms with E-state index in [9.17, 15) is 19.7 Å². The normalized spacial score (nSPS) is 20.8. The Bertz CT molecular complexity index is 669. The lowest BCUT2D eigenvalue weighted by Crippen LogP contribution is -2.38. The van der Waals surface area contributed by atoms with Crippen LogP contribution in [0.4, 0.5) is 5.69 Å². The van der Waals surface area contributed by atoms with Crippen molar-refractivity contribution in [2.24, 2.45) is 5.11 Å². The van der Waals surface area contributed by atoms with Crippen LogP contribution in [0.15, 0.2) is 29.4 Å². The van der Waals surface area contributed by atoms with Gasteiger partial charge in [0.15, 0.2) is 0 Å². The number of ether oxygens (including phenoxy) is 1. The van der Waals surface area contributed by atoms with Crippen LogP contribution in [0, 0.1) is 10.1 Å². The van der Waals surface area contributed by atoms with Gasteiger partial charge in [-0.05, 0) is 16.7 Å². The second kappa shape index (κ2) is 5.57. The number of nitro groups is 1. The molecule has 1 N–H and O–H groups in total. The molecule has 1 aromatic carbocycles. The lowest BCUT2D eigenvalue weighted by atomic mass is 10.1. The second-order valence-corrected chi connectivity index (χ2v) is 4.20. The Hall–Kier alpha value is -2.97. The Morgan fingerprint density at radius 3 is 2.76 bits per heavy atom. The van der Waals surface area contributed by atoms with Crippen LogP contribution in [-0.4, -0.2) is 22.5 Å². The molecule has 1 aliphatic rings. The van der Waals surface area contributed by atoms with Crippen LogP contribution in [0.5, 0.6) is 0 Å². The molecule has 2 amide bonds. The first-order valence-corrected chi connectivity index (χ1v) is 5.75. The van der Waals surface area contributed by atoms with Crippen LogP contribution < -0.4 is 5.32 Å². The van der Waals surface area contributed by atoms with Crippen LogP contribution in [0.2, 0.25) is 0 Å². The van der Waals surface area contributed by atoms with Crippen LogP contribution in [0.1, 0.15) is 12.0 Å². The summed E-state index contributed by atoms with van der Waals surface area (Å²) >= 11 is 0. The molecular formula is C11H9N5O5. The standard InChI is InChI=1S/C11H9N5O5/c12-15-14-11(5-9(17)13-10(11)18)21-6-7-3-1-2-4-8(7)16(19)20/h1-4H,5-6H2,(H,13,17,18). The molecular weight excluding hydrogens is 282 g/mol. The number of nitrogens with one attached hydrogen (secondary N) is 1. The van der Waals surface area contributed by atoms with Crippen molar-refractivity contribution in [3.8, 4) is 0 Å². The van der Waals surface area contributed by atoms with Gasteiger partial charge in [-0.15, -0.1) is 0 Å². The van der Waals surface area contributed by atoms with Crippen molar-refractivity contribution in [3.63, 3.8) is 0 Å². The van der Waals surface area contributed by atoms with Gasteiger partial charge < -0.3 is 4.74 Å². The summed E-state index contributed by atoms with van der Waals surface area (Å²) in [6.45, 7) is -0.350. The average molecular weight is 291 g/mol. The van der Waals surface area contributed by atoms with Gasteiger partial charge in [0.05, 0.1) is 23.5 Å². The highest BCUT2D eigenvalue weighted by Gasteiger charge is 2.48. The van der Waals surface area contributed by atoms with Crippen LogP contribution in [-0.2, 0) is 20.9 Å². The number of amides is 2. The minimum absolute atomic E-state index is 0.196. The molecule has 1 unspecified atom stereocenters. The lowest BCUT2D eigenvalue weighted by Gasteiger charge is -2.19. The fourth-order valence-electron chi connectivity index (χ4n) is 1.87. The summed E-state index contributed by atoms with van der Waals surface area (Å²) in [7, 11) is 0. The Labute approximate surface area is 117 Å². The number of rotatable bonds is 5. The number of azide groups is 1. The van der Waals surface area contributed by atoms with E-state index in [4.69, 9.17) is 10.3 Å². The van der Waals surface area contributed by atoms with Gasteiger partial charge in [-0.25, -0.2) is 0 Å². The van der Waals surface area contributed by atoms with E-state index in [-0.39, 0.29) is 17.9 Å². The van der Waals surface area contributed by atoms with E-state index in [2.05, 4.69) is 10.0 Å². The number of nitrogens with zero attached hydrogens (tertiary/aromatic N) is 4. The van der Waals surface area contributed by atoms with Gasteiger partial charge in [0, 0.05) is 11.0 Å². The number of hydrogen-bond donors (Lipinski definition) is 1. The van der Waals surface area contributed by atoms with E-state index in [0.717, 1.165) is 0 Å². The highest BCUT2D eigenvalue weighted by molar-refractivity contribution is 6.07. The van der Waals surface area contributed by atoms with Gasteiger partial charge in [0.1, 0.15) is 0 Å². The zero-order chi connectivity index (χ0) is 15.5. The summed E-state index contributed by atoms with van der Waals surface area (Å²) in [4.78, 5) is 35.7. The molecule has 0 radical (unpaired) electrons. The predicted octanol–water partition coefficient (Wildman–Crippen LogP) is 1.16. The van der Waals surface area contributed by atoms with Gasteiger partial charge in [-0.3, -0.25) is 25.0 Å². The first-order chi connectivity index (χ1) is 9.98. The third kappa shape index (κ3) is 2.81. The summed E-state index contributed by atoms with van der Waals surface area (Å²) in [5.41, 5.74) is 6.51. The molecule has 1 fully saturated rings. The molecule has 0 bridgehead atoms. The molecule has 0 spiro atoms. The molecule has 10 heteroatoms. The number of carbonyl (C=O) groups excluding carboxylic acids is 2. The van der Waals surface area contributed by atoms with Gasteiger partial charge in [0.2, 0.25) is 11.6 Å². The highest BCUT2D eigenvalue weighted by atomic mass is 16.6. The molecule has 1 atom stereocenters. The number of para-hydroxylation sites is 1. The monoisotopic (exact) mass is 291 g/mol. The molecule has 21 heavy (non-hydrogen) atoms. The first-order valence-electron chi connectivity index (χ1n) is 5.75. The van der Waals surface area contributed by atoms with Gasteiger partial charge in [0.25, 0.3) is 11.6 Å². The zero-order valence-electron chi connectivity index (χ0n) is 10.6. The van der Waals surface area contributed by atoms with Gasteiger partial charge >= 0.3 is 0 Å². The maximum Gasteiger partial charge on any atom is 0.274 e. The summed E-state index contributed by atoms with van der Waals surface area (Å²) in [5, 5.41) is 16.1. The smallest absolute Gasteiger partial charge is 0.274 e. The van der Waals surface area contributed by atoms with E-state index in [1.54, 1.807) is 6.07 Å². The minimum atomic E-state index is -2.00. The molecule has 108 valence electrons. The summed E-state index contributed by atoms with van der Waals surface area (Å²) in [6.07, 6.45) is -0.462. The van der Waals surface area contributed by atoms with E-state index >= 15 is 0 Å². The van der Waals surface area contributed by atoms with E-state index in [1.165, 1.54) is 18.2 Å². The minimum Gasteiger partial charge on any atom is -0.354 e. The largest absolute Gasteiger partial charge is 0.354 e. The number of carbonyl (C=O) groups is 2. The van der Waals surface area contributed by atoms with Crippen LogP contribution in [0.3, 0.4) is 0 Å². The Morgan fingerprint density at radius 2 is 2.19 bits per heavy atom.